The van der Waals surface area contributed by atoms with Crippen LogP contribution in [-0.2, 0) is 27.4 Å². The Bertz CT molecular complexity index is 1020. The van der Waals surface area contributed by atoms with Crippen molar-refractivity contribution in [2.75, 3.05) is 26.3 Å². The molecule has 0 aliphatic carbocycles. The number of benzene rings is 2. The van der Waals surface area contributed by atoms with Crippen LogP contribution in [0.25, 0.3) is 0 Å². The summed E-state index contributed by atoms with van der Waals surface area (Å²) >= 11 is 0. The number of carbonyl (C=O) groups excluding carboxylic acids is 2. The number of ether oxygens (including phenoxy) is 2. The number of hydrogen-bond acceptors (Lipinski definition) is 5. The molecule has 39 heavy (non-hydrogen) atoms. The van der Waals surface area contributed by atoms with Gasteiger partial charge in [-0.3, -0.25) is 9.59 Å². The summed E-state index contributed by atoms with van der Waals surface area (Å²) in [5.41, 5.74) is 2.11. The van der Waals surface area contributed by atoms with E-state index in [0.29, 0.717) is 18.9 Å². The van der Waals surface area contributed by atoms with E-state index in [9.17, 15) is 9.59 Å². The minimum Gasteiger partial charge on any atom is -0.489 e. The van der Waals surface area contributed by atoms with Crippen LogP contribution in [0.1, 0.15) is 63.5 Å². The molecular formula is C32H45N3O4. The molecule has 2 aromatic carbocycles. The fourth-order valence-corrected chi connectivity index (χ4v) is 5.38. The zero-order chi connectivity index (χ0) is 27.5. The number of carbonyl (C=O) groups is 2. The fourth-order valence-electron chi connectivity index (χ4n) is 5.38. The third-order valence-corrected chi connectivity index (χ3v) is 7.58. The summed E-state index contributed by atoms with van der Waals surface area (Å²) < 4.78 is 11.4. The van der Waals surface area contributed by atoms with E-state index in [1.165, 1.54) is 0 Å². The van der Waals surface area contributed by atoms with Crippen molar-refractivity contribution >= 4 is 11.8 Å². The van der Waals surface area contributed by atoms with Crippen LogP contribution in [0.4, 0.5) is 0 Å². The molecule has 0 saturated carbocycles. The molecule has 0 spiro atoms. The van der Waals surface area contributed by atoms with E-state index in [4.69, 9.17) is 9.47 Å². The lowest BCUT2D eigenvalue weighted by atomic mass is 9.98. The van der Waals surface area contributed by atoms with E-state index in [1.807, 2.05) is 59.5 Å². The molecule has 4 rings (SSSR count). The van der Waals surface area contributed by atoms with Crippen LogP contribution < -0.4 is 15.4 Å². The minimum absolute atomic E-state index is 0.0156. The maximum Gasteiger partial charge on any atom is 0.245 e. The first-order chi connectivity index (χ1) is 19.0. The number of hydrogen-bond donors (Lipinski definition) is 2. The predicted octanol–water partition coefficient (Wildman–Crippen LogP) is 4.49. The lowest BCUT2D eigenvalue weighted by Crippen LogP contribution is -2.56. The van der Waals surface area contributed by atoms with Gasteiger partial charge in [0.2, 0.25) is 11.8 Å². The van der Waals surface area contributed by atoms with Gasteiger partial charge < -0.3 is 25.0 Å². The molecule has 0 unspecified atom stereocenters. The van der Waals surface area contributed by atoms with Gasteiger partial charge >= 0.3 is 0 Å². The van der Waals surface area contributed by atoms with Gasteiger partial charge in [0.1, 0.15) is 18.4 Å². The summed E-state index contributed by atoms with van der Waals surface area (Å²) in [7, 11) is 0. The number of piperidine rings is 1. The molecule has 212 valence electrons. The van der Waals surface area contributed by atoms with E-state index < -0.39 is 6.04 Å². The first kappa shape index (κ1) is 29.1. The van der Waals surface area contributed by atoms with Gasteiger partial charge in [0.15, 0.2) is 0 Å². The van der Waals surface area contributed by atoms with Gasteiger partial charge in [-0.25, -0.2) is 0 Å². The van der Waals surface area contributed by atoms with E-state index in [2.05, 4.69) is 24.5 Å². The van der Waals surface area contributed by atoms with Crippen LogP contribution in [0.2, 0.25) is 0 Å². The Morgan fingerprint density at radius 3 is 2.28 bits per heavy atom. The third kappa shape index (κ3) is 9.36. The van der Waals surface area contributed by atoms with Crippen molar-refractivity contribution in [2.24, 2.45) is 5.92 Å². The van der Waals surface area contributed by atoms with Gasteiger partial charge in [-0.1, -0.05) is 56.3 Å². The molecule has 2 aliphatic heterocycles. The second kappa shape index (κ2) is 15.0. The Balaban J connectivity index is 1.43. The third-order valence-electron chi connectivity index (χ3n) is 7.58. The molecule has 2 amide bonds. The molecule has 2 fully saturated rings. The maximum atomic E-state index is 13.6. The van der Waals surface area contributed by atoms with Gasteiger partial charge in [0.25, 0.3) is 0 Å². The number of nitrogens with one attached hydrogen (secondary N) is 2. The van der Waals surface area contributed by atoms with Crippen molar-refractivity contribution < 1.29 is 19.1 Å². The zero-order valence-corrected chi connectivity index (χ0v) is 23.6. The largest absolute Gasteiger partial charge is 0.489 e. The highest BCUT2D eigenvalue weighted by molar-refractivity contribution is 5.90. The zero-order valence-electron chi connectivity index (χ0n) is 23.6. The molecule has 0 radical (unpaired) electrons. The molecule has 2 atom stereocenters. The van der Waals surface area contributed by atoms with E-state index in [0.717, 1.165) is 81.7 Å². The van der Waals surface area contributed by atoms with E-state index in [1.54, 1.807) is 0 Å². The molecular weight excluding hydrogens is 490 g/mol. The van der Waals surface area contributed by atoms with Gasteiger partial charge in [-0.05, 0) is 67.7 Å². The van der Waals surface area contributed by atoms with Crippen molar-refractivity contribution in [1.29, 1.82) is 0 Å². The lowest BCUT2D eigenvalue weighted by molar-refractivity contribution is -0.137. The van der Waals surface area contributed by atoms with Crippen LogP contribution >= 0.6 is 0 Å². The quantitative estimate of drug-likeness (QED) is 0.419. The van der Waals surface area contributed by atoms with Crippen LogP contribution in [0.3, 0.4) is 0 Å². The monoisotopic (exact) mass is 535 g/mol. The van der Waals surface area contributed by atoms with Crippen molar-refractivity contribution in [3.63, 3.8) is 0 Å². The van der Waals surface area contributed by atoms with Crippen molar-refractivity contribution in [1.82, 2.24) is 15.5 Å². The molecule has 0 bridgehead atoms. The fraction of sp³-hybridized carbons (Fsp3) is 0.562. The first-order valence-electron chi connectivity index (χ1n) is 14.7. The minimum atomic E-state index is -0.599. The highest BCUT2D eigenvalue weighted by Gasteiger charge is 2.31. The summed E-state index contributed by atoms with van der Waals surface area (Å²) in [4.78, 5) is 29.2. The van der Waals surface area contributed by atoms with Crippen molar-refractivity contribution in [2.45, 2.75) is 83.5 Å². The summed E-state index contributed by atoms with van der Waals surface area (Å²) in [6.45, 7) is 7.71. The number of amides is 2. The van der Waals surface area contributed by atoms with E-state index in [-0.39, 0.29) is 23.9 Å². The molecule has 7 heteroatoms. The molecule has 2 aliphatic rings. The van der Waals surface area contributed by atoms with Crippen LogP contribution in [-0.4, -0.2) is 61.1 Å². The van der Waals surface area contributed by atoms with Gasteiger partial charge in [0.05, 0.1) is 6.04 Å². The molecule has 2 aromatic rings. The predicted molar refractivity (Wildman–Crippen MR) is 154 cm³/mol. The van der Waals surface area contributed by atoms with Crippen molar-refractivity contribution in [3.05, 3.63) is 65.7 Å². The van der Waals surface area contributed by atoms with Crippen LogP contribution in [0.15, 0.2) is 54.6 Å². The summed E-state index contributed by atoms with van der Waals surface area (Å²) in [6, 6.07) is 17.3. The second-order valence-electron chi connectivity index (χ2n) is 11.3. The SMILES string of the molecule is CC(C)C[C@H](NC1CCOCC1)C(=O)N[C@@H](Cc1ccc(OCc2ccccc2)cc1)C(=O)N1CCCCC1. The maximum absolute atomic E-state index is 13.6. The number of likely N-dealkylation sites (tertiary alicyclic amines) is 1. The molecule has 2 saturated heterocycles. The standard InChI is InChI=1S/C32H45N3O4/c1-24(2)21-29(33-27-15-19-38-20-16-27)31(36)34-30(32(37)35-17-7-4-8-18-35)22-25-11-13-28(14-12-25)39-23-26-9-5-3-6-10-26/h3,5-6,9-14,24,27,29-30,33H,4,7-8,15-23H2,1-2H3,(H,34,36)/t29-,30-/m0/s1. The first-order valence-corrected chi connectivity index (χ1v) is 14.7. The average Bonchev–Trinajstić information content (AvgIpc) is 2.97. The average molecular weight is 536 g/mol. The molecule has 2 N–H and O–H groups in total. The normalized spacial score (nSPS) is 18.0. The summed E-state index contributed by atoms with van der Waals surface area (Å²) in [6.07, 6.45) is 6.15. The van der Waals surface area contributed by atoms with Crippen LogP contribution in [0, 0.1) is 5.92 Å². The number of nitrogens with zero attached hydrogens (tertiary/aromatic N) is 1. The Labute approximate surface area is 233 Å². The Kier molecular flexibility index (Phi) is 11.2. The molecule has 7 nitrogen and oxygen atoms in total. The number of rotatable bonds is 12. The van der Waals surface area contributed by atoms with Gasteiger partial charge in [0, 0.05) is 38.8 Å². The highest BCUT2D eigenvalue weighted by atomic mass is 16.5. The highest BCUT2D eigenvalue weighted by Crippen LogP contribution is 2.18. The smallest absolute Gasteiger partial charge is 0.245 e. The van der Waals surface area contributed by atoms with Crippen molar-refractivity contribution in [3.8, 4) is 5.75 Å². The Morgan fingerprint density at radius 1 is 0.923 bits per heavy atom. The van der Waals surface area contributed by atoms with Gasteiger partial charge in [-0.15, -0.1) is 0 Å². The molecule has 0 aromatic heterocycles. The summed E-state index contributed by atoms with van der Waals surface area (Å²) in [5, 5.41) is 6.74. The Hall–Kier alpha value is -2.90. The second-order valence-corrected chi connectivity index (χ2v) is 11.3. The lowest BCUT2D eigenvalue weighted by Gasteiger charge is -2.33. The van der Waals surface area contributed by atoms with Crippen LogP contribution in [0.5, 0.6) is 5.75 Å². The Morgan fingerprint density at radius 2 is 1.62 bits per heavy atom. The topological polar surface area (TPSA) is 79.9 Å². The molecule has 2 heterocycles. The summed E-state index contributed by atoms with van der Waals surface area (Å²) in [5.74, 6) is 1.06. The van der Waals surface area contributed by atoms with E-state index >= 15 is 0 Å². The van der Waals surface area contributed by atoms with Gasteiger partial charge in [-0.2, -0.15) is 0 Å².